The largest absolute Gasteiger partial charge is 0.426 e. The Kier molecular flexibility index (Phi) is 3.10. The number of nitrogens with two attached hydrogens (primary N) is 1. The molecule has 0 aromatic rings. The maximum absolute atomic E-state index is 5.95. The van der Waals surface area contributed by atoms with Gasteiger partial charge in [0.05, 0.1) is 5.60 Å². The Morgan fingerprint density at radius 1 is 1.21 bits per heavy atom. The van der Waals surface area contributed by atoms with Gasteiger partial charge in [-0.1, -0.05) is 25.9 Å². The average molecular weight is 193 g/mol. The van der Waals surface area contributed by atoms with E-state index in [0.29, 0.717) is 0 Å². The molecule has 0 amide bonds. The molecular weight excluding hydrogens is 173 g/mol. The summed E-state index contributed by atoms with van der Waals surface area (Å²) in [5.74, 6) is 2.07. The number of rotatable bonds is 2. The maximum Gasteiger partial charge on any atom is 0.320 e. The van der Waals surface area contributed by atoms with E-state index in [1.807, 2.05) is 12.2 Å². The topological polar surface area (TPSA) is 35.2 Å². The van der Waals surface area contributed by atoms with E-state index in [1.54, 1.807) is 0 Å². The van der Waals surface area contributed by atoms with Crippen molar-refractivity contribution in [2.45, 2.75) is 39.6 Å². The zero-order valence-corrected chi connectivity index (χ0v) is 9.58. The van der Waals surface area contributed by atoms with Crippen LogP contribution in [0.1, 0.15) is 27.7 Å². The van der Waals surface area contributed by atoms with Gasteiger partial charge in [-0.05, 0) is 37.9 Å². The van der Waals surface area contributed by atoms with Gasteiger partial charge in [-0.3, -0.25) is 0 Å². The molecule has 1 aliphatic rings. The highest BCUT2D eigenvalue weighted by molar-refractivity contribution is 6.58. The van der Waals surface area contributed by atoms with Gasteiger partial charge in [-0.15, -0.1) is 0 Å². The molecule has 1 heterocycles. The molecule has 1 fully saturated rings. The van der Waals surface area contributed by atoms with Gasteiger partial charge < -0.3 is 10.4 Å². The van der Waals surface area contributed by atoms with E-state index in [9.17, 15) is 0 Å². The van der Waals surface area contributed by atoms with Crippen LogP contribution in [0, 0.1) is 5.41 Å². The lowest BCUT2D eigenvalue weighted by atomic mass is 9.58. The molecule has 0 aromatic heterocycles. The first kappa shape index (κ1) is 11.4. The molecule has 0 atom stereocenters. The van der Waals surface area contributed by atoms with Crippen molar-refractivity contribution in [2.24, 2.45) is 11.1 Å². The standard InChI is InChI=1S/C11H20BNO/c1-10(2)9-12(7-5-6-8-13)14-11(10,3)4/h5-8H,9,13H2,1-4H3/b7-5+,8-6+. The fourth-order valence-electron chi connectivity index (χ4n) is 1.69. The first-order valence-electron chi connectivity index (χ1n) is 5.12. The van der Waals surface area contributed by atoms with Gasteiger partial charge in [0.2, 0.25) is 0 Å². The summed E-state index contributed by atoms with van der Waals surface area (Å²) in [5.41, 5.74) is 5.43. The Labute approximate surface area is 87.3 Å². The normalized spacial score (nSPS) is 25.3. The van der Waals surface area contributed by atoms with Crippen LogP contribution in [0.5, 0.6) is 0 Å². The molecule has 2 N–H and O–H groups in total. The maximum atomic E-state index is 5.95. The molecule has 0 radical (unpaired) electrons. The van der Waals surface area contributed by atoms with Crippen LogP contribution in [0.15, 0.2) is 24.3 Å². The summed E-state index contributed by atoms with van der Waals surface area (Å²) in [6, 6.07) is 0. The first-order valence-corrected chi connectivity index (χ1v) is 5.12. The minimum Gasteiger partial charge on any atom is -0.426 e. The minimum atomic E-state index is -0.0472. The van der Waals surface area contributed by atoms with Gasteiger partial charge in [0.1, 0.15) is 0 Å². The molecule has 2 nitrogen and oxygen atoms in total. The van der Waals surface area contributed by atoms with Crippen molar-refractivity contribution in [3.05, 3.63) is 24.3 Å². The summed E-state index contributed by atoms with van der Waals surface area (Å²) in [4.78, 5) is 0. The molecule has 0 bridgehead atoms. The van der Waals surface area contributed by atoms with Crippen LogP contribution in [-0.4, -0.2) is 12.5 Å². The highest BCUT2D eigenvalue weighted by atomic mass is 16.5. The molecule has 0 aromatic carbocycles. The minimum absolute atomic E-state index is 0.0472. The Bertz CT molecular complexity index is 240. The summed E-state index contributed by atoms with van der Waals surface area (Å²) >= 11 is 0. The molecule has 1 rings (SSSR count). The van der Waals surface area contributed by atoms with Crippen molar-refractivity contribution in [2.75, 3.05) is 0 Å². The molecule has 0 saturated carbocycles. The van der Waals surface area contributed by atoms with E-state index in [4.69, 9.17) is 10.4 Å². The van der Waals surface area contributed by atoms with E-state index in [0.717, 1.165) is 6.32 Å². The number of hydrogen-bond acceptors (Lipinski definition) is 2. The summed E-state index contributed by atoms with van der Waals surface area (Å²) in [5, 5.41) is 0. The van der Waals surface area contributed by atoms with Crippen LogP contribution in [0.2, 0.25) is 6.32 Å². The Hall–Kier alpha value is -0.695. The number of hydrogen-bond donors (Lipinski definition) is 1. The highest BCUT2D eigenvalue weighted by Gasteiger charge is 2.48. The molecule has 0 aliphatic carbocycles. The summed E-state index contributed by atoms with van der Waals surface area (Å²) in [6.45, 7) is 9.02. The van der Waals surface area contributed by atoms with Gasteiger partial charge >= 0.3 is 6.92 Å². The van der Waals surface area contributed by atoms with Crippen molar-refractivity contribution < 1.29 is 4.65 Å². The predicted molar refractivity (Wildman–Crippen MR) is 62.0 cm³/mol. The first-order chi connectivity index (χ1) is 6.39. The predicted octanol–water partition coefficient (Wildman–Crippen LogP) is 2.38. The molecule has 3 heteroatoms. The van der Waals surface area contributed by atoms with Crippen LogP contribution in [-0.2, 0) is 4.65 Å². The lowest BCUT2D eigenvalue weighted by Gasteiger charge is -2.34. The van der Waals surface area contributed by atoms with Crippen molar-refractivity contribution in [1.29, 1.82) is 0 Å². The van der Waals surface area contributed by atoms with Gasteiger partial charge in [0, 0.05) is 0 Å². The quantitative estimate of drug-likeness (QED) is 0.539. The lowest BCUT2D eigenvalue weighted by Crippen LogP contribution is -2.34. The van der Waals surface area contributed by atoms with Gasteiger partial charge in [-0.2, -0.15) is 0 Å². The molecule has 1 aliphatic heterocycles. The zero-order valence-electron chi connectivity index (χ0n) is 9.58. The highest BCUT2D eigenvalue weighted by Crippen LogP contribution is 2.45. The molecule has 0 unspecified atom stereocenters. The van der Waals surface area contributed by atoms with Gasteiger partial charge in [0.15, 0.2) is 0 Å². The molecule has 1 saturated heterocycles. The second-order valence-corrected chi connectivity index (χ2v) is 5.02. The summed E-state index contributed by atoms with van der Waals surface area (Å²) in [7, 11) is 0. The van der Waals surface area contributed by atoms with Crippen LogP contribution >= 0.6 is 0 Å². The Balaban J connectivity index is 2.64. The van der Waals surface area contributed by atoms with Crippen molar-refractivity contribution in [1.82, 2.24) is 0 Å². The monoisotopic (exact) mass is 193 g/mol. The summed E-state index contributed by atoms with van der Waals surface area (Å²) in [6.07, 6.45) is 6.36. The van der Waals surface area contributed by atoms with Crippen molar-refractivity contribution in [3.8, 4) is 0 Å². The van der Waals surface area contributed by atoms with Crippen LogP contribution in [0.25, 0.3) is 0 Å². The third-order valence-electron chi connectivity index (χ3n) is 3.34. The molecule has 78 valence electrons. The third-order valence-corrected chi connectivity index (χ3v) is 3.34. The van der Waals surface area contributed by atoms with Crippen LogP contribution in [0.4, 0.5) is 0 Å². The van der Waals surface area contributed by atoms with Crippen molar-refractivity contribution >= 4 is 6.92 Å². The zero-order chi connectivity index (χ0) is 10.8. The van der Waals surface area contributed by atoms with Crippen LogP contribution < -0.4 is 5.73 Å². The van der Waals surface area contributed by atoms with E-state index in [1.165, 1.54) is 6.20 Å². The molecule has 14 heavy (non-hydrogen) atoms. The second-order valence-electron chi connectivity index (χ2n) is 5.02. The van der Waals surface area contributed by atoms with Crippen LogP contribution in [0.3, 0.4) is 0 Å². The Morgan fingerprint density at radius 3 is 2.29 bits per heavy atom. The SMILES string of the molecule is CC1(C)CB(/C=C/C=C/N)OC1(C)C. The second kappa shape index (κ2) is 3.81. The molecule has 0 spiro atoms. The van der Waals surface area contributed by atoms with Crippen molar-refractivity contribution in [3.63, 3.8) is 0 Å². The smallest absolute Gasteiger partial charge is 0.320 e. The lowest BCUT2D eigenvalue weighted by molar-refractivity contribution is 0.0374. The fourth-order valence-corrected chi connectivity index (χ4v) is 1.69. The number of allylic oxidation sites excluding steroid dienone is 2. The van der Waals surface area contributed by atoms with E-state index in [2.05, 4.69) is 33.7 Å². The average Bonchev–Trinajstić information content (AvgIpc) is 2.21. The van der Waals surface area contributed by atoms with E-state index < -0.39 is 0 Å². The third kappa shape index (κ3) is 2.21. The molecular formula is C11H20BNO. The Morgan fingerprint density at radius 2 is 1.86 bits per heavy atom. The van der Waals surface area contributed by atoms with Gasteiger partial charge in [-0.25, -0.2) is 0 Å². The van der Waals surface area contributed by atoms with Gasteiger partial charge in [0.25, 0.3) is 0 Å². The summed E-state index contributed by atoms with van der Waals surface area (Å²) < 4.78 is 5.95. The fraction of sp³-hybridized carbons (Fsp3) is 0.636. The van der Waals surface area contributed by atoms with E-state index in [-0.39, 0.29) is 17.9 Å². The van der Waals surface area contributed by atoms with E-state index >= 15 is 0 Å².